The number of aromatic nitrogens is 5. The molecule has 2 heterocycles. The number of ether oxygens (including phenoxy) is 1. The van der Waals surface area contributed by atoms with Crippen molar-refractivity contribution in [3.8, 4) is 22.8 Å². The summed E-state index contributed by atoms with van der Waals surface area (Å²) >= 11 is 1.63. The number of hydrogen-bond acceptors (Lipinski definition) is 5. The first-order valence-electron chi connectivity index (χ1n) is 10.6. The second-order valence-electron chi connectivity index (χ2n) is 7.45. The van der Waals surface area contributed by atoms with Gasteiger partial charge >= 0.3 is 0 Å². The highest BCUT2D eigenvalue weighted by Gasteiger charge is 2.17. The van der Waals surface area contributed by atoms with E-state index in [1.165, 1.54) is 5.56 Å². The molecule has 0 aliphatic carbocycles. The second-order valence-corrected chi connectivity index (χ2v) is 8.39. The van der Waals surface area contributed by atoms with Gasteiger partial charge < -0.3 is 9.30 Å². The fraction of sp³-hybridized carbons (Fsp3) is 0.115. The van der Waals surface area contributed by atoms with E-state index >= 15 is 0 Å². The van der Waals surface area contributed by atoms with E-state index in [0.29, 0.717) is 5.75 Å². The van der Waals surface area contributed by atoms with Crippen LogP contribution in [0.5, 0.6) is 5.75 Å². The largest absolute Gasteiger partial charge is 0.497 e. The molecule has 0 amide bonds. The van der Waals surface area contributed by atoms with Gasteiger partial charge in [-0.05, 0) is 42.0 Å². The Bertz CT molecular complexity index is 1310. The Morgan fingerprint density at radius 3 is 2.30 bits per heavy atom. The highest BCUT2D eigenvalue weighted by atomic mass is 32.2. The van der Waals surface area contributed by atoms with E-state index in [0.717, 1.165) is 40.4 Å². The first kappa shape index (κ1) is 21.0. The van der Waals surface area contributed by atoms with Crippen molar-refractivity contribution in [2.45, 2.75) is 17.5 Å². The molecule has 0 bridgehead atoms. The van der Waals surface area contributed by atoms with E-state index in [-0.39, 0.29) is 0 Å². The lowest BCUT2D eigenvalue weighted by Crippen LogP contribution is -2.04. The van der Waals surface area contributed by atoms with Gasteiger partial charge in [0.25, 0.3) is 0 Å². The molecule has 0 aliphatic heterocycles. The predicted octanol–water partition coefficient (Wildman–Crippen LogP) is 5.48. The van der Waals surface area contributed by atoms with Gasteiger partial charge in [-0.3, -0.25) is 4.57 Å². The summed E-state index contributed by atoms with van der Waals surface area (Å²) in [6.45, 7) is 0.791. The molecule has 3 aromatic carbocycles. The molecular weight excluding hydrogens is 430 g/mol. The Labute approximate surface area is 196 Å². The molecule has 0 unspecified atom stereocenters. The minimum absolute atomic E-state index is 0.688. The van der Waals surface area contributed by atoms with Crippen molar-refractivity contribution in [1.29, 1.82) is 0 Å². The maximum Gasteiger partial charge on any atom is 0.196 e. The van der Waals surface area contributed by atoms with Crippen LogP contribution < -0.4 is 4.74 Å². The molecule has 6 nitrogen and oxygen atoms in total. The molecular formula is C26H23N5OS. The number of imidazole rings is 1. The maximum absolute atomic E-state index is 5.30. The summed E-state index contributed by atoms with van der Waals surface area (Å²) in [6.07, 6.45) is 3.87. The number of benzene rings is 3. The van der Waals surface area contributed by atoms with Crippen molar-refractivity contribution < 1.29 is 4.74 Å². The van der Waals surface area contributed by atoms with Gasteiger partial charge in [0.15, 0.2) is 11.0 Å². The molecule has 164 valence electrons. The number of nitrogens with zero attached hydrogens (tertiary/aromatic N) is 5. The highest BCUT2D eigenvalue weighted by molar-refractivity contribution is 7.98. The third-order valence-electron chi connectivity index (χ3n) is 5.32. The summed E-state index contributed by atoms with van der Waals surface area (Å²) in [4.78, 5) is 4.58. The fourth-order valence-electron chi connectivity index (χ4n) is 3.63. The van der Waals surface area contributed by atoms with Crippen molar-refractivity contribution in [3.05, 3.63) is 109 Å². The average molecular weight is 454 g/mol. The van der Waals surface area contributed by atoms with Crippen molar-refractivity contribution in [2.75, 3.05) is 7.11 Å². The lowest BCUT2D eigenvalue weighted by Gasteiger charge is -2.11. The van der Waals surface area contributed by atoms with Crippen molar-refractivity contribution in [1.82, 2.24) is 24.3 Å². The molecule has 33 heavy (non-hydrogen) atoms. The molecule has 5 rings (SSSR count). The Morgan fingerprint density at radius 2 is 1.58 bits per heavy atom. The molecule has 0 saturated carbocycles. The molecule has 7 heteroatoms. The average Bonchev–Trinajstić information content (AvgIpc) is 3.50. The van der Waals surface area contributed by atoms with Crippen LogP contribution in [0, 0.1) is 0 Å². The topological polar surface area (TPSA) is 57.8 Å². The highest BCUT2D eigenvalue weighted by Crippen LogP contribution is 2.30. The van der Waals surface area contributed by atoms with Crippen LogP contribution in [0.4, 0.5) is 0 Å². The third-order valence-corrected chi connectivity index (χ3v) is 6.25. The quantitative estimate of drug-likeness (QED) is 0.291. The van der Waals surface area contributed by atoms with Crippen LogP contribution in [0.15, 0.2) is 102 Å². The molecule has 0 radical (unpaired) electrons. The number of rotatable bonds is 8. The number of methoxy groups -OCH3 is 1. The van der Waals surface area contributed by atoms with Crippen LogP contribution in [0.2, 0.25) is 0 Å². The van der Waals surface area contributed by atoms with Crippen LogP contribution in [-0.2, 0) is 12.3 Å². The lowest BCUT2D eigenvalue weighted by molar-refractivity contribution is 0.415. The van der Waals surface area contributed by atoms with Gasteiger partial charge in [-0.2, -0.15) is 0 Å². The van der Waals surface area contributed by atoms with Gasteiger partial charge in [0.2, 0.25) is 0 Å². The Morgan fingerprint density at radius 1 is 0.848 bits per heavy atom. The first-order chi connectivity index (χ1) is 16.3. The minimum Gasteiger partial charge on any atom is -0.497 e. The van der Waals surface area contributed by atoms with Crippen LogP contribution >= 0.6 is 11.8 Å². The van der Waals surface area contributed by atoms with E-state index in [1.54, 1.807) is 18.9 Å². The van der Waals surface area contributed by atoms with Gasteiger partial charge in [0, 0.05) is 30.2 Å². The fourth-order valence-corrected chi connectivity index (χ4v) is 4.55. The van der Waals surface area contributed by atoms with Crippen molar-refractivity contribution >= 4 is 11.8 Å². The van der Waals surface area contributed by atoms with E-state index in [2.05, 4.69) is 60.7 Å². The summed E-state index contributed by atoms with van der Waals surface area (Å²) in [5.41, 5.74) is 3.24. The normalized spacial score (nSPS) is 10.9. The Kier molecular flexibility index (Phi) is 6.21. The lowest BCUT2D eigenvalue weighted by atomic mass is 10.2. The van der Waals surface area contributed by atoms with Gasteiger partial charge in [-0.25, -0.2) is 4.98 Å². The zero-order chi connectivity index (χ0) is 22.5. The van der Waals surface area contributed by atoms with Crippen LogP contribution in [0.3, 0.4) is 0 Å². The van der Waals surface area contributed by atoms with E-state index in [1.807, 2.05) is 60.9 Å². The second kappa shape index (κ2) is 9.75. The van der Waals surface area contributed by atoms with Gasteiger partial charge in [0.05, 0.1) is 12.9 Å². The van der Waals surface area contributed by atoms with Crippen molar-refractivity contribution in [2.24, 2.45) is 0 Å². The van der Waals surface area contributed by atoms with E-state index < -0.39 is 0 Å². The van der Waals surface area contributed by atoms with Crippen LogP contribution in [0.25, 0.3) is 17.1 Å². The molecule has 5 aromatic rings. The molecule has 0 fully saturated rings. The molecule has 0 spiro atoms. The number of thioether (sulfide) groups is 1. The summed E-state index contributed by atoms with van der Waals surface area (Å²) in [5.74, 6) is 3.29. The maximum atomic E-state index is 5.30. The number of para-hydroxylation sites is 1. The monoisotopic (exact) mass is 453 g/mol. The van der Waals surface area contributed by atoms with E-state index in [4.69, 9.17) is 4.74 Å². The zero-order valence-corrected chi connectivity index (χ0v) is 19.0. The minimum atomic E-state index is 0.688. The standard InChI is InChI=1S/C26H23N5OS/c1-32-23-14-12-21(13-15-23)25-28-29-26(31(25)22-10-6-3-7-11-22)33-19-24-27-16-17-30(24)18-20-8-4-2-5-9-20/h2-17H,18-19H2,1H3. The third kappa shape index (κ3) is 4.68. The van der Waals surface area contributed by atoms with E-state index in [9.17, 15) is 0 Å². The zero-order valence-electron chi connectivity index (χ0n) is 18.2. The summed E-state index contributed by atoms with van der Waals surface area (Å²) in [5, 5.41) is 9.89. The molecule has 0 aliphatic rings. The predicted molar refractivity (Wildman–Crippen MR) is 131 cm³/mol. The molecule has 0 saturated heterocycles. The van der Waals surface area contributed by atoms with Gasteiger partial charge in [0.1, 0.15) is 11.6 Å². The molecule has 0 N–H and O–H groups in total. The Balaban J connectivity index is 1.43. The van der Waals surface area contributed by atoms with Gasteiger partial charge in [-0.15, -0.1) is 10.2 Å². The van der Waals surface area contributed by atoms with Crippen LogP contribution in [0.1, 0.15) is 11.4 Å². The van der Waals surface area contributed by atoms with Gasteiger partial charge in [-0.1, -0.05) is 60.3 Å². The molecule has 2 aromatic heterocycles. The SMILES string of the molecule is COc1ccc(-c2nnc(SCc3nccn3Cc3ccccc3)n2-c2ccccc2)cc1. The van der Waals surface area contributed by atoms with Crippen molar-refractivity contribution in [3.63, 3.8) is 0 Å². The summed E-state index contributed by atoms with van der Waals surface area (Å²) < 4.78 is 9.57. The number of hydrogen-bond donors (Lipinski definition) is 0. The smallest absolute Gasteiger partial charge is 0.196 e. The van der Waals surface area contributed by atoms with Crippen LogP contribution in [-0.4, -0.2) is 31.4 Å². The first-order valence-corrected chi connectivity index (χ1v) is 11.6. The Hall–Kier alpha value is -3.84. The molecule has 0 atom stereocenters. The summed E-state index contributed by atoms with van der Waals surface area (Å²) in [6, 6.07) is 28.5. The summed E-state index contributed by atoms with van der Waals surface area (Å²) in [7, 11) is 1.66.